The lowest BCUT2D eigenvalue weighted by Crippen LogP contribution is -2.54. The highest BCUT2D eigenvalue weighted by molar-refractivity contribution is 7.80. The van der Waals surface area contributed by atoms with Crippen molar-refractivity contribution in [3.05, 3.63) is 63.9 Å². The number of aryl methyl sites for hydroxylation is 1. The summed E-state index contributed by atoms with van der Waals surface area (Å²) in [6.45, 7) is 3.63. The number of carbonyl (C=O) groups excluding carboxylic acids is 2. The number of nitrogens with one attached hydrogen (secondary N) is 1. The molecule has 0 radical (unpaired) electrons. The molecule has 0 aliphatic carbocycles. The van der Waals surface area contributed by atoms with Crippen molar-refractivity contribution in [3.63, 3.8) is 0 Å². The van der Waals surface area contributed by atoms with E-state index in [0.29, 0.717) is 10.7 Å². The number of thiocarbonyl (C=S) groups is 1. The van der Waals surface area contributed by atoms with Crippen LogP contribution in [0.1, 0.15) is 24.0 Å². The van der Waals surface area contributed by atoms with Crippen molar-refractivity contribution >= 4 is 58.2 Å². The molecule has 4 rings (SSSR count). The first kappa shape index (κ1) is 20.5. The highest BCUT2D eigenvalue weighted by Crippen LogP contribution is 2.28. The predicted octanol–water partition coefficient (Wildman–Crippen LogP) is 4.22. The van der Waals surface area contributed by atoms with Crippen molar-refractivity contribution in [1.29, 1.82) is 0 Å². The highest BCUT2D eigenvalue weighted by Gasteiger charge is 2.34. The van der Waals surface area contributed by atoms with Gasteiger partial charge in [-0.2, -0.15) is 0 Å². The van der Waals surface area contributed by atoms with E-state index < -0.39 is 17.6 Å². The molecule has 2 heterocycles. The van der Waals surface area contributed by atoms with Gasteiger partial charge in [-0.15, -0.1) is 0 Å². The molecule has 5 nitrogen and oxygen atoms in total. The Hall–Kier alpha value is -2.77. The summed E-state index contributed by atoms with van der Waals surface area (Å²) < 4.78 is 14.7. The van der Waals surface area contributed by atoms with E-state index >= 15 is 0 Å². The molecule has 0 atom stereocenters. The van der Waals surface area contributed by atoms with E-state index in [4.69, 9.17) is 23.8 Å². The highest BCUT2D eigenvalue weighted by atomic mass is 35.5. The Labute approximate surface area is 184 Å². The fourth-order valence-corrected chi connectivity index (χ4v) is 4.03. The van der Waals surface area contributed by atoms with Gasteiger partial charge >= 0.3 is 0 Å². The minimum atomic E-state index is -0.664. The molecule has 154 valence electrons. The van der Waals surface area contributed by atoms with Crippen LogP contribution in [0.5, 0.6) is 0 Å². The maximum atomic E-state index is 14.7. The maximum absolute atomic E-state index is 14.7. The van der Waals surface area contributed by atoms with Crippen LogP contribution in [0.2, 0.25) is 5.02 Å². The average molecular weight is 444 g/mol. The molecule has 0 saturated carbocycles. The number of rotatable bonds is 3. The maximum Gasteiger partial charge on any atom is 0.270 e. The zero-order valence-corrected chi connectivity index (χ0v) is 17.8. The number of anilines is 2. The molecule has 2 aromatic carbocycles. The average Bonchev–Trinajstić information content (AvgIpc) is 3.23. The first-order valence-electron chi connectivity index (χ1n) is 9.57. The van der Waals surface area contributed by atoms with Gasteiger partial charge in [-0.3, -0.25) is 19.8 Å². The molecular weight excluding hydrogens is 425 g/mol. The van der Waals surface area contributed by atoms with Gasteiger partial charge in [-0.05, 0) is 74.0 Å². The van der Waals surface area contributed by atoms with Crippen LogP contribution in [0.4, 0.5) is 15.8 Å². The molecular formula is C22H19ClFN3O2S. The Bertz CT molecular complexity index is 1100. The van der Waals surface area contributed by atoms with Gasteiger partial charge in [0, 0.05) is 29.4 Å². The number of halogens is 2. The Balaban J connectivity index is 1.68. The van der Waals surface area contributed by atoms with Crippen molar-refractivity contribution in [2.45, 2.75) is 19.8 Å². The van der Waals surface area contributed by atoms with Gasteiger partial charge in [0.1, 0.15) is 11.4 Å². The van der Waals surface area contributed by atoms with Crippen LogP contribution >= 0.6 is 23.8 Å². The third kappa shape index (κ3) is 3.82. The molecule has 0 unspecified atom stereocenters. The zero-order valence-electron chi connectivity index (χ0n) is 16.2. The van der Waals surface area contributed by atoms with Crippen molar-refractivity contribution < 1.29 is 14.0 Å². The molecule has 0 bridgehead atoms. The van der Waals surface area contributed by atoms with Gasteiger partial charge in [0.15, 0.2) is 5.11 Å². The molecule has 2 aromatic rings. The van der Waals surface area contributed by atoms with E-state index in [0.717, 1.165) is 37.2 Å². The second-order valence-electron chi connectivity index (χ2n) is 7.29. The standard InChI is InChI=1S/C22H19ClFN3O2S/c1-13-4-6-16(11-18(13)23)27-21(29)17(20(28)25-22(27)30)10-14-5-7-15(12-19(14)24)26-8-2-3-9-26/h4-7,10-12H,2-3,8-9H2,1H3,(H,25,28,30)/b17-10+. The number of amides is 2. The van der Waals surface area contributed by atoms with Gasteiger partial charge in [0.25, 0.3) is 11.8 Å². The van der Waals surface area contributed by atoms with Crippen LogP contribution in [0.3, 0.4) is 0 Å². The topological polar surface area (TPSA) is 52.7 Å². The van der Waals surface area contributed by atoms with Crippen molar-refractivity contribution in [3.8, 4) is 0 Å². The minimum Gasteiger partial charge on any atom is -0.371 e. The molecule has 2 aliphatic heterocycles. The second kappa shape index (κ2) is 8.16. The fourth-order valence-electron chi connectivity index (χ4n) is 3.57. The van der Waals surface area contributed by atoms with E-state index in [2.05, 4.69) is 10.2 Å². The van der Waals surface area contributed by atoms with Crippen LogP contribution < -0.4 is 15.1 Å². The Morgan fingerprint density at radius 3 is 2.47 bits per heavy atom. The lowest BCUT2D eigenvalue weighted by Gasteiger charge is -2.29. The number of hydrogen-bond acceptors (Lipinski definition) is 4. The van der Waals surface area contributed by atoms with E-state index in [1.54, 1.807) is 30.3 Å². The summed E-state index contributed by atoms with van der Waals surface area (Å²) in [5.41, 5.74) is 2.02. The molecule has 2 fully saturated rings. The van der Waals surface area contributed by atoms with Gasteiger partial charge in [-0.25, -0.2) is 4.39 Å². The number of benzene rings is 2. The first-order valence-corrected chi connectivity index (χ1v) is 10.4. The number of carbonyl (C=O) groups is 2. The minimum absolute atomic E-state index is 0.0491. The summed E-state index contributed by atoms with van der Waals surface area (Å²) in [5.74, 6) is -1.79. The van der Waals surface area contributed by atoms with E-state index in [9.17, 15) is 14.0 Å². The largest absolute Gasteiger partial charge is 0.371 e. The first-order chi connectivity index (χ1) is 14.3. The molecule has 8 heteroatoms. The fraction of sp³-hybridized carbons (Fsp3) is 0.227. The zero-order chi connectivity index (χ0) is 21.4. The Kier molecular flexibility index (Phi) is 5.58. The van der Waals surface area contributed by atoms with Crippen LogP contribution in [0, 0.1) is 12.7 Å². The van der Waals surface area contributed by atoms with Crippen molar-refractivity contribution in [2.75, 3.05) is 22.9 Å². The van der Waals surface area contributed by atoms with E-state index in [1.807, 2.05) is 6.92 Å². The lowest BCUT2D eigenvalue weighted by atomic mass is 10.1. The van der Waals surface area contributed by atoms with Crippen molar-refractivity contribution in [1.82, 2.24) is 5.32 Å². The van der Waals surface area contributed by atoms with Gasteiger partial charge in [0.05, 0.1) is 5.69 Å². The molecule has 2 amide bonds. The monoisotopic (exact) mass is 443 g/mol. The predicted molar refractivity (Wildman–Crippen MR) is 120 cm³/mol. The number of hydrogen-bond donors (Lipinski definition) is 1. The quantitative estimate of drug-likeness (QED) is 0.438. The number of nitrogens with zero attached hydrogens (tertiary/aromatic N) is 2. The van der Waals surface area contributed by atoms with Crippen LogP contribution in [0.15, 0.2) is 42.0 Å². The Morgan fingerprint density at radius 2 is 1.80 bits per heavy atom. The van der Waals surface area contributed by atoms with Crippen LogP contribution in [0.25, 0.3) is 6.08 Å². The molecule has 2 aliphatic rings. The summed E-state index contributed by atoms with van der Waals surface area (Å²) >= 11 is 11.4. The second-order valence-corrected chi connectivity index (χ2v) is 8.09. The summed E-state index contributed by atoms with van der Waals surface area (Å²) in [4.78, 5) is 28.8. The van der Waals surface area contributed by atoms with Crippen LogP contribution in [-0.4, -0.2) is 30.0 Å². The van der Waals surface area contributed by atoms with Gasteiger partial charge in [0.2, 0.25) is 0 Å². The molecule has 2 saturated heterocycles. The Morgan fingerprint density at radius 1 is 1.10 bits per heavy atom. The summed E-state index contributed by atoms with van der Waals surface area (Å²) in [7, 11) is 0. The van der Waals surface area contributed by atoms with Gasteiger partial charge in [-0.1, -0.05) is 17.7 Å². The van der Waals surface area contributed by atoms with E-state index in [-0.39, 0.29) is 16.2 Å². The van der Waals surface area contributed by atoms with Crippen molar-refractivity contribution in [2.24, 2.45) is 0 Å². The third-order valence-corrected chi connectivity index (χ3v) is 5.96. The molecule has 0 spiro atoms. The summed E-state index contributed by atoms with van der Waals surface area (Å²) in [5, 5.41) is 2.91. The van der Waals surface area contributed by atoms with Crippen LogP contribution in [-0.2, 0) is 9.59 Å². The lowest BCUT2D eigenvalue weighted by molar-refractivity contribution is -0.122. The molecule has 1 N–H and O–H groups in total. The van der Waals surface area contributed by atoms with Gasteiger partial charge < -0.3 is 4.90 Å². The molecule has 30 heavy (non-hydrogen) atoms. The smallest absolute Gasteiger partial charge is 0.270 e. The third-order valence-electron chi connectivity index (χ3n) is 5.27. The molecule has 0 aromatic heterocycles. The van der Waals surface area contributed by atoms with E-state index in [1.165, 1.54) is 17.0 Å². The summed E-state index contributed by atoms with van der Waals surface area (Å²) in [6.07, 6.45) is 3.42. The SMILES string of the molecule is Cc1ccc(N2C(=O)/C(=C/c3ccc(N4CCCC4)cc3F)C(=O)NC2=S)cc1Cl. The normalized spacial score (nSPS) is 18.4. The summed E-state index contributed by atoms with van der Waals surface area (Å²) in [6, 6.07) is 9.85.